The zero-order valence-electron chi connectivity index (χ0n) is 15.5. The molecule has 6 nitrogen and oxygen atoms in total. The lowest BCUT2D eigenvalue weighted by atomic mass is 10.1. The van der Waals surface area contributed by atoms with Crippen LogP contribution < -0.4 is 10.2 Å². The maximum atomic E-state index is 13.4. The molecule has 0 unspecified atom stereocenters. The molecule has 3 aromatic rings. The molecule has 2 heterocycles. The van der Waals surface area contributed by atoms with Crippen molar-refractivity contribution < 1.29 is 14.0 Å². The van der Waals surface area contributed by atoms with Crippen LogP contribution in [-0.2, 0) is 11.2 Å². The summed E-state index contributed by atoms with van der Waals surface area (Å²) in [7, 11) is 0. The van der Waals surface area contributed by atoms with E-state index >= 15 is 0 Å². The number of fused-ring (bicyclic) bond motifs is 1. The Morgan fingerprint density at radius 2 is 2.00 bits per heavy atom. The van der Waals surface area contributed by atoms with Crippen LogP contribution in [0.3, 0.4) is 0 Å². The summed E-state index contributed by atoms with van der Waals surface area (Å²) in [4.78, 5) is 26.0. The van der Waals surface area contributed by atoms with E-state index in [0.717, 1.165) is 23.2 Å². The minimum absolute atomic E-state index is 0.0185. The Kier molecular flexibility index (Phi) is 4.43. The molecule has 7 heteroatoms. The lowest BCUT2D eigenvalue weighted by molar-refractivity contribution is -0.116. The molecule has 2 aromatic carbocycles. The van der Waals surface area contributed by atoms with E-state index in [1.165, 1.54) is 13.0 Å². The fourth-order valence-electron chi connectivity index (χ4n) is 3.37. The number of nitrogens with one attached hydrogen (secondary N) is 2. The minimum Gasteiger partial charge on any atom is -0.321 e. The smallest absolute Gasteiger partial charge is 0.273 e. The van der Waals surface area contributed by atoms with Crippen molar-refractivity contribution in [1.82, 2.24) is 10.2 Å². The number of aromatic amines is 1. The fraction of sp³-hybridized carbons (Fsp3) is 0.190. The van der Waals surface area contributed by atoms with Crippen LogP contribution >= 0.6 is 0 Å². The van der Waals surface area contributed by atoms with Crippen molar-refractivity contribution in [3.8, 4) is 11.3 Å². The topological polar surface area (TPSA) is 78.1 Å². The maximum Gasteiger partial charge on any atom is 0.273 e. The van der Waals surface area contributed by atoms with Gasteiger partial charge < -0.3 is 10.2 Å². The third-order valence-electron chi connectivity index (χ3n) is 4.90. The van der Waals surface area contributed by atoms with Crippen molar-refractivity contribution in [3.05, 3.63) is 65.1 Å². The predicted octanol–water partition coefficient (Wildman–Crippen LogP) is 3.69. The number of rotatable bonds is 3. The number of halogens is 1. The van der Waals surface area contributed by atoms with Gasteiger partial charge in [-0.3, -0.25) is 14.7 Å². The van der Waals surface area contributed by atoms with Gasteiger partial charge in [0.05, 0.1) is 5.69 Å². The van der Waals surface area contributed by atoms with Crippen molar-refractivity contribution in [2.24, 2.45) is 0 Å². The molecular weight excluding hydrogens is 359 g/mol. The summed E-state index contributed by atoms with van der Waals surface area (Å²) in [5.41, 5.74) is 4.61. The van der Waals surface area contributed by atoms with Crippen LogP contribution in [0.2, 0.25) is 0 Å². The summed E-state index contributed by atoms with van der Waals surface area (Å²) < 4.78 is 13.4. The van der Waals surface area contributed by atoms with E-state index < -0.39 is 0 Å². The molecule has 142 valence electrons. The number of aromatic nitrogens is 2. The lowest BCUT2D eigenvalue weighted by Gasteiger charge is -2.15. The highest BCUT2D eigenvalue weighted by atomic mass is 19.1. The molecule has 28 heavy (non-hydrogen) atoms. The van der Waals surface area contributed by atoms with Gasteiger partial charge in [-0.1, -0.05) is 6.07 Å². The zero-order chi connectivity index (χ0) is 19.8. The molecule has 2 amide bonds. The fourth-order valence-corrected chi connectivity index (χ4v) is 3.37. The Hall–Kier alpha value is -3.48. The van der Waals surface area contributed by atoms with Crippen molar-refractivity contribution in [2.75, 3.05) is 16.8 Å². The molecule has 0 radical (unpaired) electrons. The number of benzene rings is 2. The van der Waals surface area contributed by atoms with E-state index in [9.17, 15) is 14.0 Å². The van der Waals surface area contributed by atoms with Gasteiger partial charge in [0.15, 0.2) is 0 Å². The Morgan fingerprint density at radius 1 is 1.18 bits per heavy atom. The molecule has 0 bridgehead atoms. The number of hydrogen-bond acceptors (Lipinski definition) is 3. The van der Waals surface area contributed by atoms with Gasteiger partial charge in [0.25, 0.3) is 5.91 Å². The summed E-state index contributed by atoms with van der Waals surface area (Å²) in [6.07, 6.45) is 0.810. The van der Waals surface area contributed by atoms with Crippen LogP contribution in [0, 0.1) is 12.7 Å². The first-order valence-corrected chi connectivity index (χ1v) is 8.96. The number of anilines is 2. The van der Waals surface area contributed by atoms with E-state index in [-0.39, 0.29) is 17.6 Å². The first-order chi connectivity index (χ1) is 13.4. The average Bonchev–Trinajstić information content (AvgIpc) is 3.31. The van der Waals surface area contributed by atoms with Crippen molar-refractivity contribution in [2.45, 2.75) is 20.3 Å². The quantitative estimate of drug-likeness (QED) is 0.730. The summed E-state index contributed by atoms with van der Waals surface area (Å²) in [6, 6.07) is 11.9. The van der Waals surface area contributed by atoms with Gasteiger partial charge in [0.1, 0.15) is 11.5 Å². The molecule has 0 aliphatic carbocycles. The maximum absolute atomic E-state index is 13.4. The molecule has 0 fully saturated rings. The molecule has 1 aliphatic heterocycles. The van der Waals surface area contributed by atoms with Crippen LogP contribution in [0.4, 0.5) is 15.8 Å². The van der Waals surface area contributed by atoms with Crippen LogP contribution in [0.25, 0.3) is 11.3 Å². The van der Waals surface area contributed by atoms with E-state index in [0.29, 0.717) is 29.2 Å². The highest BCUT2D eigenvalue weighted by Crippen LogP contribution is 2.31. The van der Waals surface area contributed by atoms with Gasteiger partial charge in [-0.05, 0) is 60.9 Å². The monoisotopic (exact) mass is 378 g/mol. The number of nitrogens with zero attached hydrogens (tertiary/aromatic N) is 2. The molecule has 1 aliphatic rings. The van der Waals surface area contributed by atoms with Crippen LogP contribution in [0.5, 0.6) is 0 Å². The van der Waals surface area contributed by atoms with Crippen molar-refractivity contribution in [1.29, 1.82) is 0 Å². The molecule has 0 saturated carbocycles. The van der Waals surface area contributed by atoms with Crippen LogP contribution in [0.1, 0.15) is 28.5 Å². The number of carbonyl (C=O) groups is 2. The van der Waals surface area contributed by atoms with Crippen LogP contribution in [-0.4, -0.2) is 28.6 Å². The lowest BCUT2D eigenvalue weighted by Crippen LogP contribution is -2.25. The second-order valence-electron chi connectivity index (χ2n) is 6.85. The van der Waals surface area contributed by atoms with Gasteiger partial charge in [-0.25, -0.2) is 4.39 Å². The predicted molar refractivity (Wildman–Crippen MR) is 105 cm³/mol. The molecule has 2 N–H and O–H groups in total. The first-order valence-electron chi connectivity index (χ1n) is 8.96. The van der Waals surface area contributed by atoms with E-state index in [2.05, 4.69) is 15.5 Å². The number of aryl methyl sites for hydroxylation is 1. The average molecular weight is 378 g/mol. The van der Waals surface area contributed by atoms with Crippen molar-refractivity contribution >= 4 is 23.2 Å². The van der Waals surface area contributed by atoms with Gasteiger partial charge in [0, 0.05) is 30.4 Å². The number of amides is 2. The van der Waals surface area contributed by atoms with E-state index in [4.69, 9.17) is 0 Å². The van der Waals surface area contributed by atoms with Gasteiger partial charge in [0.2, 0.25) is 5.91 Å². The Balaban J connectivity index is 1.54. The van der Waals surface area contributed by atoms with Gasteiger partial charge in [-0.15, -0.1) is 0 Å². The molecular formula is C21H19FN4O2. The molecule has 0 atom stereocenters. The van der Waals surface area contributed by atoms with E-state index in [1.807, 2.05) is 18.2 Å². The Labute approximate surface area is 161 Å². The number of hydrogen-bond donors (Lipinski definition) is 2. The molecule has 1 aromatic heterocycles. The van der Waals surface area contributed by atoms with Crippen LogP contribution in [0.15, 0.2) is 42.5 Å². The summed E-state index contributed by atoms with van der Waals surface area (Å²) >= 11 is 0. The molecule has 0 saturated heterocycles. The standard InChI is InChI=1S/C21H19FN4O2/c1-12-9-15(4-6-17(12)22)18-11-19(25-24-18)21(28)23-16-5-3-14-7-8-26(13(2)27)20(14)10-16/h3-6,9-11H,7-8H2,1-2H3,(H,23,28)(H,24,25). The summed E-state index contributed by atoms with van der Waals surface area (Å²) in [5, 5.41) is 9.69. The molecule has 4 rings (SSSR count). The summed E-state index contributed by atoms with van der Waals surface area (Å²) in [6.45, 7) is 3.87. The molecule has 0 spiro atoms. The second-order valence-corrected chi connectivity index (χ2v) is 6.85. The van der Waals surface area contributed by atoms with Gasteiger partial charge in [-0.2, -0.15) is 5.10 Å². The highest BCUT2D eigenvalue weighted by molar-refractivity contribution is 6.04. The van der Waals surface area contributed by atoms with Crippen molar-refractivity contribution in [3.63, 3.8) is 0 Å². The van der Waals surface area contributed by atoms with E-state index in [1.54, 1.807) is 30.0 Å². The summed E-state index contributed by atoms with van der Waals surface area (Å²) in [5.74, 6) is -0.645. The Bertz CT molecular complexity index is 1090. The number of carbonyl (C=O) groups excluding carboxylic acids is 2. The number of H-pyrrole nitrogens is 1. The zero-order valence-corrected chi connectivity index (χ0v) is 15.5. The SMILES string of the molecule is CC(=O)N1CCc2ccc(NC(=O)c3cc(-c4ccc(F)c(C)c4)n[nH]3)cc21. The third-order valence-corrected chi connectivity index (χ3v) is 4.90. The minimum atomic E-state index is -0.343. The second kappa shape index (κ2) is 6.92. The largest absolute Gasteiger partial charge is 0.321 e. The van der Waals surface area contributed by atoms with Gasteiger partial charge >= 0.3 is 0 Å². The first kappa shape index (κ1) is 17.9. The third kappa shape index (κ3) is 3.26. The Morgan fingerprint density at radius 3 is 2.75 bits per heavy atom. The highest BCUT2D eigenvalue weighted by Gasteiger charge is 2.22. The normalized spacial score (nSPS) is 12.8.